The lowest BCUT2D eigenvalue weighted by atomic mass is 9.77. The van der Waals surface area contributed by atoms with Crippen LogP contribution >= 0.6 is 11.8 Å². The van der Waals surface area contributed by atoms with Crippen LogP contribution in [0.1, 0.15) is 51.1 Å². The normalized spacial score (nSPS) is 40.8. The zero-order valence-corrected chi connectivity index (χ0v) is 14.1. The molecule has 0 bridgehead atoms. The first-order valence-corrected chi connectivity index (χ1v) is 9.35. The van der Waals surface area contributed by atoms with Gasteiger partial charge in [-0.25, -0.2) is 0 Å². The molecule has 21 heavy (non-hydrogen) atoms. The van der Waals surface area contributed by atoms with E-state index >= 15 is 0 Å². The van der Waals surface area contributed by atoms with Crippen molar-refractivity contribution < 1.29 is 5.11 Å². The standard InChI is InChI=1S/C18H27NOS/c1-13-9-10-16(14-7-5-4-6-8-14)19-15(13)11-12-18(2,21-3)17(19)20/h4-8,13,15-17,20H,9-12H2,1-3H3/t13-,15-,16-,17+,18-/m1/s1. The fourth-order valence-electron chi connectivity index (χ4n) is 4.17. The third-order valence-electron chi connectivity index (χ3n) is 5.71. The number of aliphatic hydroxyl groups excluding tert-OH is 1. The van der Waals surface area contributed by atoms with Crippen molar-refractivity contribution in [1.29, 1.82) is 0 Å². The number of piperidine rings is 2. The van der Waals surface area contributed by atoms with E-state index in [0.717, 1.165) is 12.8 Å². The largest absolute Gasteiger partial charge is 0.377 e. The fraction of sp³-hybridized carbons (Fsp3) is 0.667. The predicted octanol–water partition coefficient (Wildman–Crippen LogP) is 4.06. The third kappa shape index (κ3) is 2.64. The molecule has 2 aliphatic heterocycles. The molecule has 116 valence electrons. The summed E-state index contributed by atoms with van der Waals surface area (Å²) in [5, 5.41) is 11.1. The van der Waals surface area contributed by atoms with E-state index in [-0.39, 0.29) is 11.0 Å². The lowest BCUT2D eigenvalue weighted by molar-refractivity contribution is -0.132. The Morgan fingerprint density at radius 2 is 1.90 bits per heavy atom. The number of thioether (sulfide) groups is 1. The smallest absolute Gasteiger partial charge is 0.122 e. The van der Waals surface area contributed by atoms with E-state index in [4.69, 9.17) is 0 Å². The van der Waals surface area contributed by atoms with Crippen LogP contribution in [0.2, 0.25) is 0 Å². The van der Waals surface area contributed by atoms with E-state index in [1.165, 1.54) is 18.4 Å². The van der Waals surface area contributed by atoms with E-state index in [1.807, 2.05) is 11.8 Å². The van der Waals surface area contributed by atoms with Gasteiger partial charge in [0, 0.05) is 12.1 Å². The third-order valence-corrected chi connectivity index (χ3v) is 7.06. The van der Waals surface area contributed by atoms with Gasteiger partial charge in [-0.05, 0) is 50.3 Å². The van der Waals surface area contributed by atoms with Gasteiger partial charge in [0.05, 0.1) is 4.75 Å². The Balaban J connectivity index is 1.95. The van der Waals surface area contributed by atoms with Crippen LogP contribution in [0.3, 0.4) is 0 Å². The van der Waals surface area contributed by atoms with Crippen molar-refractivity contribution in [1.82, 2.24) is 4.90 Å². The molecule has 1 aromatic rings. The number of rotatable bonds is 2. The highest BCUT2D eigenvalue weighted by Crippen LogP contribution is 2.48. The van der Waals surface area contributed by atoms with Crippen LogP contribution < -0.4 is 0 Å². The van der Waals surface area contributed by atoms with Gasteiger partial charge in [-0.3, -0.25) is 4.90 Å². The van der Waals surface area contributed by atoms with E-state index < -0.39 is 0 Å². The van der Waals surface area contributed by atoms with Gasteiger partial charge in [-0.1, -0.05) is 37.3 Å². The van der Waals surface area contributed by atoms with Crippen LogP contribution in [-0.4, -0.2) is 33.3 Å². The predicted molar refractivity (Wildman–Crippen MR) is 90.4 cm³/mol. The minimum Gasteiger partial charge on any atom is -0.377 e. The Bertz CT molecular complexity index is 479. The molecule has 2 aliphatic rings. The Morgan fingerprint density at radius 3 is 2.57 bits per heavy atom. The first-order valence-electron chi connectivity index (χ1n) is 8.12. The fourth-order valence-corrected chi connectivity index (χ4v) is 4.83. The number of hydrogen-bond acceptors (Lipinski definition) is 3. The van der Waals surface area contributed by atoms with Gasteiger partial charge < -0.3 is 5.11 Å². The Labute approximate surface area is 132 Å². The van der Waals surface area contributed by atoms with Crippen molar-refractivity contribution in [3.63, 3.8) is 0 Å². The molecule has 2 nitrogen and oxygen atoms in total. The summed E-state index contributed by atoms with van der Waals surface area (Å²) in [4.78, 5) is 2.43. The Kier molecular flexibility index (Phi) is 4.35. The summed E-state index contributed by atoms with van der Waals surface area (Å²) in [6.07, 6.45) is 6.53. The molecule has 0 amide bonds. The summed E-state index contributed by atoms with van der Waals surface area (Å²) in [5.41, 5.74) is 1.36. The Hall–Kier alpha value is -0.510. The number of benzene rings is 1. The van der Waals surface area contributed by atoms with Crippen LogP contribution in [0.25, 0.3) is 0 Å². The van der Waals surface area contributed by atoms with Crippen LogP contribution in [0.4, 0.5) is 0 Å². The molecule has 0 spiro atoms. The average Bonchev–Trinajstić information content (AvgIpc) is 2.52. The molecule has 0 aromatic heterocycles. The van der Waals surface area contributed by atoms with E-state index in [1.54, 1.807) is 0 Å². The van der Waals surface area contributed by atoms with Gasteiger partial charge in [0.2, 0.25) is 0 Å². The SMILES string of the molecule is CS[C@]1(C)CC[C@@H]2[C@H](C)CC[C@H](c3ccccc3)N2[C@H]1O. The molecule has 1 N–H and O–H groups in total. The van der Waals surface area contributed by atoms with E-state index in [2.05, 4.69) is 55.3 Å². The summed E-state index contributed by atoms with van der Waals surface area (Å²) in [6.45, 7) is 4.58. The molecule has 2 heterocycles. The summed E-state index contributed by atoms with van der Waals surface area (Å²) in [7, 11) is 0. The zero-order chi connectivity index (χ0) is 15.0. The molecular formula is C18H27NOS. The maximum atomic E-state index is 11.1. The second-order valence-electron chi connectivity index (χ2n) is 6.92. The monoisotopic (exact) mass is 305 g/mol. The summed E-state index contributed by atoms with van der Waals surface area (Å²) >= 11 is 1.82. The van der Waals surface area contributed by atoms with Gasteiger partial charge >= 0.3 is 0 Å². The summed E-state index contributed by atoms with van der Waals surface area (Å²) in [6, 6.07) is 11.6. The van der Waals surface area contributed by atoms with Gasteiger partial charge in [-0.15, -0.1) is 0 Å². The quantitative estimate of drug-likeness (QED) is 0.891. The van der Waals surface area contributed by atoms with Crippen molar-refractivity contribution in [2.45, 2.75) is 62.6 Å². The van der Waals surface area contributed by atoms with Crippen LogP contribution in [0, 0.1) is 5.92 Å². The average molecular weight is 305 g/mol. The first kappa shape index (κ1) is 15.4. The molecule has 1 aromatic carbocycles. The lowest BCUT2D eigenvalue weighted by Gasteiger charge is -2.56. The molecule has 0 radical (unpaired) electrons. The maximum Gasteiger partial charge on any atom is 0.122 e. The first-order chi connectivity index (χ1) is 10.1. The molecule has 3 rings (SSSR count). The molecular weight excluding hydrogens is 278 g/mol. The van der Waals surface area contributed by atoms with E-state index in [9.17, 15) is 5.11 Å². The molecule has 5 atom stereocenters. The molecule has 0 aliphatic carbocycles. The molecule has 0 saturated carbocycles. The minimum absolute atomic E-state index is 0.0411. The number of aliphatic hydroxyl groups is 1. The topological polar surface area (TPSA) is 23.5 Å². The van der Waals surface area contributed by atoms with Crippen molar-refractivity contribution in [2.24, 2.45) is 5.92 Å². The second-order valence-corrected chi connectivity index (χ2v) is 8.27. The zero-order valence-electron chi connectivity index (χ0n) is 13.3. The van der Waals surface area contributed by atoms with Gasteiger partial charge in [0.25, 0.3) is 0 Å². The van der Waals surface area contributed by atoms with Gasteiger partial charge in [0.1, 0.15) is 6.23 Å². The van der Waals surface area contributed by atoms with Gasteiger partial charge in [0.15, 0.2) is 0 Å². The summed E-state index contributed by atoms with van der Waals surface area (Å²) < 4.78 is -0.0411. The number of fused-ring (bicyclic) bond motifs is 1. The second kappa shape index (κ2) is 5.94. The van der Waals surface area contributed by atoms with Crippen LogP contribution in [0.15, 0.2) is 30.3 Å². The highest BCUT2D eigenvalue weighted by Gasteiger charge is 2.49. The molecule has 2 saturated heterocycles. The number of nitrogens with zero attached hydrogens (tertiary/aromatic N) is 1. The van der Waals surface area contributed by atoms with Gasteiger partial charge in [-0.2, -0.15) is 11.8 Å². The summed E-state index contributed by atoms with van der Waals surface area (Å²) in [5.74, 6) is 0.686. The van der Waals surface area contributed by atoms with Crippen molar-refractivity contribution in [3.05, 3.63) is 35.9 Å². The van der Waals surface area contributed by atoms with Crippen LogP contribution in [0.5, 0.6) is 0 Å². The van der Waals surface area contributed by atoms with Crippen LogP contribution in [-0.2, 0) is 0 Å². The maximum absolute atomic E-state index is 11.1. The van der Waals surface area contributed by atoms with E-state index in [0.29, 0.717) is 18.0 Å². The van der Waals surface area contributed by atoms with Crippen molar-refractivity contribution in [3.8, 4) is 0 Å². The molecule has 2 fully saturated rings. The Morgan fingerprint density at radius 1 is 1.19 bits per heavy atom. The highest BCUT2D eigenvalue weighted by atomic mass is 32.2. The molecule has 0 unspecified atom stereocenters. The molecule has 3 heteroatoms. The van der Waals surface area contributed by atoms with Crippen molar-refractivity contribution in [2.75, 3.05) is 6.26 Å². The number of hydrogen-bond donors (Lipinski definition) is 1. The highest BCUT2D eigenvalue weighted by molar-refractivity contribution is 8.00. The lowest BCUT2D eigenvalue weighted by Crippen LogP contribution is -2.61. The minimum atomic E-state index is -0.348. The van der Waals surface area contributed by atoms with Crippen molar-refractivity contribution >= 4 is 11.8 Å².